The Hall–Kier alpha value is -3.70. The van der Waals surface area contributed by atoms with E-state index < -0.39 is 11.8 Å². The molecule has 2 amide bonds. The maximum absolute atomic E-state index is 11.9. The van der Waals surface area contributed by atoms with Gasteiger partial charge in [0.2, 0.25) is 0 Å². The van der Waals surface area contributed by atoms with Gasteiger partial charge in [-0.3, -0.25) is 20.4 Å². The zero-order valence-corrected chi connectivity index (χ0v) is 17.2. The SMILES string of the molecule is COc1cc(/C=C/C(=O)NNC(=O)COc2ccc(Cl)c(C)c2)ccc1OCC#N. The van der Waals surface area contributed by atoms with Gasteiger partial charge in [0, 0.05) is 11.1 Å². The molecule has 2 rings (SSSR count). The molecule has 0 aromatic heterocycles. The van der Waals surface area contributed by atoms with Crippen LogP contribution in [0.3, 0.4) is 0 Å². The lowest BCUT2D eigenvalue weighted by Gasteiger charge is -2.09. The summed E-state index contributed by atoms with van der Waals surface area (Å²) in [6.45, 7) is 1.45. The zero-order valence-electron chi connectivity index (χ0n) is 16.4. The fourth-order valence-electron chi connectivity index (χ4n) is 2.25. The molecule has 0 aliphatic rings. The third-order valence-corrected chi connectivity index (χ3v) is 4.16. The number of hydrogen-bond donors (Lipinski definition) is 2. The molecule has 8 nitrogen and oxygen atoms in total. The minimum atomic E-state index is -0.533. The Labute approximate surface area is 179 Å². The highest BCUT2D eigenvalue weighted by molar-refractivity contribution is 6.31. The molecule has 0 saturated carbocycles. The summed E-state index contributed by atoms with van der Waals surface area (Å²) >= 11 is 5.93. The van der Waals surface area contributed by atoms with E-state index in [1.54, 1.807) is 36.4 Å². The first-order chi connectivity index (χ1) is 14.4. The minimum Gasteiger partial charge on any atom is -0.493 e. The van der Waals surface area contributed by atoms with Crippen LogP contribution in [0.1, 0.15) is 11.1 Å². The molecule has 9 heteroatoms. The first-order valence-electron chi connectivity index (χ1n) is 8.76. The van der Waals surface area contributed by atoms with Crippen molar-refractivity contribution < 1.29 is 23.8 Å². The summed E-state index contributed by atoms with van der Waals surface area (Å²) in [4.78, 5) is 23.7. The second kappa shape index (κ2) is 11.3. The van der Waals surface area contributed by atoms with Gasteiger partial charge in [-0.15, -0.1) is 0 Å². The van der Waals surface area contributed by atoms with Crippen molar-refractivity contribution in [3.05, 3.63) is 58.6 Å². The number of carbonyl (C=O) groups excluding carboxylic acids is 2. The van der Waals surface area contributed by atoms with Crippen molar-refractivity contribution in [2.24, 2.45) is 0 Å². The maximum Gasteiger partial charge on any atom is 0.276 e. The number of hydrogen-bond acceptors (Lipinski definition) is 6. The van der Waals surface area contributed by atoms with E-state index in [1.165, 1.54) is 19.3 Å². The van der Waals surface area contributed by atoms with Crippen molar-refractivity contribution in [3.63, 3.8) is 0 Å². The van der Waals surface area contributed by atoms with Crippen molar-refractivity contribution >= 4 is 29.5 Å². The molecular formula is C21H20ClN3O5. The van der Waals surface area contributed by atoms with E-state index in [2.05, 4.69) is 10.9 Å². The molecule has 0 saturated heterocycles. The molecule has 0 atom stereocenters. The van der Waals surface area contributed by atoms with Crippen molar-refractivity contribution in [2.75, 3.05) is 20.3 Å². The van der Waals surface area contributed by atoms with Crippen LogP contribution >= 0.6 is 11.6 Å². The van der Waals surface area contributed by atoms with Crippen LogP contribution in [0.15, 0.2) is 42.5 Å². The molecule has 2 aromatic rings. The predicted molar refractivity (Wildman–Crippen MR) is 111 cm³/mol. The average Bonchev–Trinajstić information content (AvgIpc) is 2.75. The fourth-order valence-corrected chi connectivity index (χ4v) is 2.37. The van der Waals surface area contributed by atoms with Gasteiger partial charge >= 0.3 is 0 Å². The Bertz CT molecular complexity index is 985. The Morgan fingerprint density at radius 2 is 1.93 bits per heavy atom. The van der Waals surface area contributed by atoms with Gasteiger partial charge in [-0.2, -0.15) is 5.26 Å². The first kappa shape index (κ1) is 22.6. The van der Waals surface area contributed by atoms with Gasteiger partial charge in [-0.25, -0.2) is 0 Å². The third-order valence-electron chi connectivity index (χ3n) is 3.73. The number of amides is 2. The summed E-state index contributed by atoms with van der Waals surface area (Å²) in [6, 6.07) is 11.9. The number of rotatable bonds is 8. The largest absolute Gasteiger partial charge is 0.493 e. The summed E-state index contributed by atoms with van der Waals surface area (Å²) in [5.74, 6) is 0.286. The highest BCUT2D eigenvalue weighted by Crippen LogP contribution is 2.28. The van der Waals surface area contributed by atoms with E-state index in [0.29, 0.717) is 27.8 Å². The summed E-state index contributed by atoms with van der Waals surface area (Å²) in [5, 5.41) is 9.18. The number of nitrogens with one attached hydrogen (secondary N) is 2. The van der Waals surface area contributed by atoms with Gasteiger partial charge in [-0.1, -0.05) is 17.7 Å². The van der Waals surface area contributed by atoms with E-state index in [4.69, 9.17) is 31.1 Å². The van der Waals surface area contributed by atoms with Crippen LogP contribution in [0, 0.1) is 18.3 Å². The molecule has 156 valence electrons. The van der Waals surface area contributed by atoms with E-state index in [-0.39, 0.29) is 13.2 Å². The lowest BCUT2D eigenvalue weighted by atomic mass is 10.2. The quantitative estimate of drug-likeness (QED) is 0.493. The predicted octanol–water partition coefficient (Wildman–Crippen LogP) is 2.80. The first-order valence-corrected chi connectivity index (χ1v) is 9.14. The van der Waals surface area contributed by atoms with Crippen LogP contribution < -0.4 is 25.1 Å². The molecule has 0 heterocycles. The van der Waals surface area contributed by atoms with Crippen molar-refractivity contribution in [2.45, 2.75) is 6.92 Å². The Morgan fingerprint density at radius 3 is 2.63 bits per heavy atom. The number of methoxy groups -OCH3 is 1. The molecule has 0 bridgehead atoms. The molecule has 0 aliphatic heterocycles. The van der Waals surface area contributed by atoms with E-state index in [0.717, 1.165) is 5.56 Å². The number of benzene rings is 2. The molecule has 2 N–H and O–H groups in total. The maximum atomic E-state index is 11.9. The summed E-state index contributed by atoms with van der Waals surface area (Å²) < 4.78 is 15.8. The van der Waals surface area contributed by atoms with Crippen LogP contribution in [0.4, 0.5) is 0 Å². The number of halogens is 1. The monoisotopic (exact) mass is 429 g/mol. The number of aryl methyl sites for hydroxylation is 1. The smallest absolute Gasteiger partial charge is 0.276 e. The highest BCUT2D eigenvalue weighted by Gasteiger charge is 2.07. The second-order valence-corrected chi connectivity index (χ2v) is 6.33. The van der Waals surface area contributed by atoms with E-state index in [1.807, 2.05) is 13.0 Å². The van der Waals surface area contributed by atoms with Crippen LogP contribution in [0.25, 0.3) is 6.08 Å². The summed E-state index contributed by atoms with van der Waals surface area (Å²) in [6.07, 6.45) is 2.78. The van der Waals surface area contributed by atoms with E-state index >= 15 is 0 Å². The molecule has 30 heavy (non-hydrogen) atoms. The van der Waals surface area contributed by atoms with Gasteiger partial charge in [0.05, 0.1) is 7.11 Å². The van der Waals surface area contributed by atoms with Crippen LogP contribution in [-0.4, -0.2) is 32.1 Å². The minimum absolute atomic E-state index is 0.102. The molecule has 0 unspecified atom stereocenters. The Kier molecular flexibility index (Phi) is 8.54. The standard InChI is InChI=1S/C21H20ClN3O5/c1-14-11-16(5-6-17(14)22)30-13-21(27)25-24-20(26)8-4-15-3-7-18(29-10-9-23)19(12-15)28-2/h3-8,11-12H,10,13H2,1-2H3,(H,24,26)(H,25,27)/b8-4+. The number of carbonyl (C=O) groups is 2. The second-order valence-electron chi connectivity index (χ2n) is 5.93. The molecular weight excluding hydrogens is 410 g/mol. The Morgan fingerprint density at radius 1 is 1.13 bits per heavy atom. The van der Waals surface area contributed by atoms with Crippen LogP contribution in [0.2, 0.25) is 5.02 Å². The lowest BCUT2D eigenvalue weighted by molar-refractivity contribution is -0.128. The topological polar surface area (TPSA) is 110 Å². The molecule has 0 spiro atoms. The normalized spacial score (nSPS) is 10.2. The van der Waals surface area contributed by atoms with Gasteiger partial charge in [0.15, 0.2) is 24.7 Å². The van der Waals surface area contributed by atoms with Crippen molar-refractivity contribution in [1.29, 1.82) is 5.26 Å². The summed E-state index contributed by atoms with van der Waals surface area (Å²) in [5.41, 5.74) is 6.01. The molecule has 2 aromatic carbocycles. The van der Waals surface area contributed by atoms with Gasteiger partial charge in [0.1, 0.15) is 11.8 Å². The van der Waals surface area contributed by atoms with Crippen LogP contribution in [-0.2, 0) is 9.59 Å². The highest BCUT2D eigenvalue weighted by atomic mass is 35.5. The van der Waals surface area contributed by atoms with Crippen molar-refractivity contribution in [1.82, 2.24) is 10.9 Å². The van der Waals surface area contributed by atoms with Gasteiger partial charge < -0.3 is 14.2 Å². The van der Waals surface area contributed by atoms with Crippen molar-refractivity contribution in [3.8, 4) is 23.3 Å². The third kappa shape index (κ3) is 7.04. The van der Waals surface area contributed by atoms with Gasteiger partial charge in [0.25, 0.3) is 11.8 Å². The van der Waals surface area contributed by atoms with E-state index in [9.17, 15) is 9.59 Å². The number of hydrazine groups is 1. The molecule has 0 fully saturated rings. The zero-order chi connectivity index (χ0) is 21.9. The number of nitrogens with zero attached hydrogens (tertiary/aromatic N) is 1. The fraction of sp³-hybridized carbons (Fsp3) is 0.190. The number of ether oxygens (including phenoxy) is 3. The molecule has 0 radical (unpaired) electrons. The lowest BCUT2D eigenvalue weighted by Crippen LogP contribution is -2.43. The Balaban J connectivity index is 1.82. The van der Waals surface area contributed by atoms with Crippen LogP contribution in [0.5, 0.6) is 17.2 Å². The average molecular weight is 430 g/mol. The van der Waals surface area contributed by atoms with Gasteiger partial charge in [-0.05, 0) is 54.5 Å². The molecule has 0 aliphatic carbocycles. The summed E-state index contributed by atoms with van der Waals surface area (Å²) in [7, 11) is 1.47. The number of nitriles is 1.